The number of carbonyl (C=O) groups is 1. The van der Waals surface area contributed by atoms with E-state index in [1.807, 2.05) is 6.07 Å². The van der Waals surface area contributed by atoms with Crippen molar-refractivity contribution in [2.24, 2.45) is 5.92 Å². The van der Waals surface area contributed by atoms with Gasteiger partial charge in [0.1, 0.15) is 11.6 Å². The highest BCUT2D eigenvalue weighted by Crippen LogP contribution is 2.28. The maximum atomic E-state index is 13.0. The van der Waals surface area contributed by atoms with Gasteiger partial charge in [-0.25, -0.2) is 4.98 Å². The third-order valence-electron chi connectivity index (χ3n) is 6.99. The van der Waals surface area contributed by atoms with E-state index >= 15 is 0 Å². The molecule has 32 heavy (non-hydrogen) atoms. The fraction of sp³-hybridized carbons (Fsp3) is 0.407. The molecule has 5 rings (SSSR count). The van der Waals surface area contributed by atoms with Crippen LogP contribution in [0.5, 0.6) is 0 Å². The quantitative estimate of drug-likeness (QED) is 0.418. The summed E-state index contributed by atoms with van der Waals surface area (Å²) in [7, 11) is 0. The largest absolute Gasteiger partial charge is 0.361 e. The van der Waals surface area contributed by atoms with Crippen LogP contribution >= 0.6 is 0 Å². The zero-order valence-electron chi connectivity index (χ0n) is 19.2. The molecule has 1 aliphatic rings. The number of nitrogens with zero attached hydrogens (tertiary/aromatic N) is 2. The summed E-state index contributed by atoms with van der Waals surface area (Å²) in [6, 6.07) is 12.8. The van der Waals surface area contributed by atoms with Crippen LogP contribution < -0.4 is 0 Å². The van der Waals surface area contributed by atoms with Gasteiger partial charge in [-0.1, -0.05) is 24.6 Å². The van der Waals surface area contributed by atoms with E-state index in [2.05, 4.69) is 72.2 Å². The van der Waals surface area contributed by atoms with Gasteiger partial charge in [-0.15, -0.1) is 0 Å². The molecule has 2 aromatic carbocycles. The first-order valence-corrected chi connectivity index (χ1v) is 11.7. The molecular formula is C27H32N4O. The molecule has 2 aromatic heterocycles. The lowest BCUT2D eigenvalue weighted by Crippen LogP contribution is -2.36. The first-order valence-electron chi connectivity index (χ1n) is 11.7. The lowest BCUT2D eigenvalue weighted by molar-refractivity contribution is -0.124. The third-order valence-corrected chi connectivity index (χ3v) is 6.99. The summed E-state index contributed by atoms with van der Waals surface area (Å²) in [6.07, 6.45) is 4.60. The molecule has 0 amide bonds. The van der Waals surface area contributed by atoms with E-state index in [-0.39, 0.29) is 11.8 Å². The number of benzene rings is 2. The molecule has 0 aliphatic carbocycles. The molecule has 1 atom stereocenters. The number of Topliss-reactive ketones (excluding diaryl/α,β-unsaturated/α-hetero) is 1. The molecule has 1 saturated heterocycles. The van der Waals surface area contributed by atoms with Gasteiger partial charge >= 0.3 is 0 Å². The molecular weight excluding hydrogens is 396 g/mol. The van der Waals surface area contributed by atoms with E-state index in [1.165, 1.54) is 27.6 Å². The summed E-state index contributed by atoms with van der Waals surface area (Å²) in [5.41, 5.74) is 7.08. The summed E-state index contributed by atoms with van der Waals surface area (Å²) in [4.78, 5) is 27.0. The van der Waals surface area contributed by atoms with E-state index in [9.17, 15) is 4.79 Å². The minimum atomic E-state index is 0.114. The molecule has 0 saturated carbocycles. The van der Waals surface area contributed by atoms with Crippen molar-refractivity contribution >= 4 is 27.7 Å². The van der Waals surface area contributed by atoms with Crippen LogP contribution in [-0.4, -0.2) is 38.7 Å². The number of piperidine rings is 1. The fourth-order valence-electron chi connectivity index (χ4n) is 5.02. The van der Waals surface area contributed by atoms with Crippen LogP contribution in [0, 0.1) is 19.8 Å². The summed E-state index contributed by atoms with van der Waals surface area (Å²) in [6.45, 7) is 9.23. The zero-order valence-corrected chi connectivity index (χ0v) is 19.2. The number of fused-ring (bicyclic) bond motifs is 2. The number of nitrogens with one attached hydrogen (secondary N) is 2. The number of rotatable bonds is 6. The smallest absolute Gasteiger partial charge is 0.136 e. The Kier molecular flexibility index (Phi) is 5.60. The second-order valence-corrected chi connectivity index (χ2v) is 9.63. The zero-order chi connectivity index (χ0) is 22.2. The number of likely N-dealkylation sites (tertiary alicyclic amines) is 1. The molecule has 0 spiro atoms. The Morgan fingerprint density at radius 2 is 1.84 bits per heavy atom. The Hall–Kier alpha value is -2.92. The third kappa shape index (κ3) is 4.22. The van der Waals surface area contributed by atoms with E-state index in [0.29, 0.717) is 12.2 Å². The lowest BCUT2D eigenvalue weighted by atomic mass is 9.87. The predicted molar refractivity (Wildman–Crippen MR) is 130 cm³/mol. The molecule has 5 nitrogen and oxygen atoms in total. The van der Waals surface area contributed by atoms with Gasteiger partial charge in [-0.2, -0.15) is 0 Å². The van der Waals surface area contributed by atoms with Crippen LogP contribution in [0.2, 0.25) is 0 Å². The summed E-state index contributed by atoms with van der Waals surface area (Å²) in [5, 5.41) is 1.32. The monoisotopic (exact) mass is 428 g/mol. The van der Waals surface area contributed by atoms with E-state index in [0.717, 1.165) is 49.3 Å². The number of carbonyl (C=O) groups excluding carboxylic acids is 1. The van der Waals surface area contributed by atoms with Crippen molar-refractivity contribution in [2.75, 3.05) is 13.1 Å². The molecule has 5 heteroatoms. The molecule has 0 radical (unpaired) electrons. The minimum Gasteiger partial charge on any atom is -0.361 e. The topological polar surface area (TPSA) is 64.8 Å². The molecule has 4 aromatic rings. The van der Waals surface area contributed by atoms with Crippen LogP contribution in [0.4, 0.5) is 0 Å². The standard InChI is InChI=1S/C27H32N4O/c1-17-4-6-23-22(12-17)21(15-28-23)16-31-10-8-20(9-11-31)26(32)14-19(3)27-29-24-7-5-18(2)13-25(24)30-27/h4-7,12-13,15,19-20,28H,8-11,14,16H2,1-3H3,(H,29,30). The highest BCUT2D eigenvalue weighted by atomic mass is 16.1. The average Bonchev–Trinajstić information content (AvgIpc) is 3.38. The number of aromatic nitrogens is 3. The Morgan fingerprint density at radius 3 is 2.66 bits per heavy atom. The van der Waals surface area contributed by atoms with E-state index in [1.54, 1.807) is 0 Å². The Balaban J connectivity index is 1.17. The van der Waals surface area contributed by atoms with Gasteiger partial charge in [0.15, 0.2) is 0 Å². The van der Waals surface area contributed by atoms with E-state index in [4.69, 9.17) is 4.98 Å². The van der Waals surface area contributed by atoms with Gasteiger partial charge in [-0.05, 0) is 75.2 Å². The van der Waals surface area contributed by atoms with Gasteiger partial charge in [0.05, 0.1) is 11.0 Å². The van der Waals surface area contributed by atoms with Crippen molar-refractivity contribution in [2.45, 2.75) is 52.5 Å². The molecule has 1 aliphatic heterocycles. The van der Waals surface area contributed by atoms with Crippen molar-refractivity contribution in [3.05, 3.63) is 65.1 Å². The Morgan fingerprint density at radius 1 is 1.09 bits per heavy atom. The molecule has 3 heterocycles. The molecule has 166 valence electrons. The average molecular weight is 429 g/mol. The van der Waals surface area contributed by atoms with Crippen LogP contribution in [0.15, 0.2) is 42.6 Å². The van der Waals surface area contributed by atoms with Gasteiger partial charge in [0, 0.05) is 41.9 Å². The summed E-state index contributed by atoms with van der Waals surface area (Å²) >= 11 is 0. The van der Waals surface area contributed by atoms with Crippen LogP contribution in [0.25, 0.3) is 21.9 Å². The second kappa shape index (κ2) is 8.55. The van der Waals surface area contributed by atoms with Crippen LogP contribution in [0.1, 0.15) is 54.6 Å². The van der Waals surface area contributed by atoms with Gasteiger partial charge in [0.2, 0.25) is 0 Å². The minimum absolute atomic E-state index is 0.114. The van der Waals surface area contributed by atoms with Crippen molar-refractivity contribution in [3.8, 4) is 0 Å². The van der Waals surface area contributed by atoms with Gasteiger partial charge in [-0.3, -0.25) is 9.69 Å². The number of imidazole rings is 1. The lowest BCUT2D eigenvalue weighted by Gasteiger charge is -2.31. The second-order valence-electron chi connectivity index (χ2n) is 9.63. The maximum Gasteiger partial charge on any atom is 0.136 e. The van der Waals surface area contributed by atoms with Crippen molar-refractivity contribution in [3.63, 3.8) is 0 Å². The first-order chi connectivity index (χ1) is 15.5. The molecule has 2 N–H and O–H groups in total. The number of aromatic amines is 2. The van der Waals surface area contributed by atoms with Crippen LogP contribution in [0.3, 0.4) is 0 Å². The summed E-state index contributed by atoms with van der Waals surface area (Å²) < 4.78 is 0. The predicted octanol–water partition coefficient (Wildman–Crippen LogP) is 5.64. The number of ketones is 1. The maximum absolute atomic E-state index is 13.0. The number of H-pyrrole nitrogens is 2. The number of hydrogen-bond acceptors (Lipinski definition) is 3. The van der Waals surface area contributed by atoms with Crippen molar-refractivity contribution in [1.82, 2.24) is 19.9 Å². The normalized spacial score (nSPS) is 16.7. The molecule has 1 unspecified atom stereocenters. The number of aryl methyl sites for hydroxylation is 2. The highest BCUT2D eigenvalue weighted by Gasteiger charge is 2.27. The highest BCUT2D eigenvalue weighted by molar-refractivity contribution is 5.84. The van der Waals surface area contributed by atoms with Gasteiger partial charge in [0.25, 0.3) is 0 Å². The number of hydrogen-bond donors (Lipinski definition) is 2. The Bertz CT molecular complexity index is 1260. The molecule has 1 fully saturated rings. The van der Waals surface area contributed by atoms with Crippen LogP contribution in [-0.2, 0) is 11.3 Å². The fourth-order valence-corrected chi connectivity index (χ4v) is 5.02. The molecule has 0 bridgehead atoms. The van der Waals surface area contributed by atoms with Crippen molar-refractivity contribution in [1.29, 1.82) is 0 Å². The Labute approximate surface area is 189 Å². The van der Waals surface area contributed by atoms with Gasteiger partial charge < -0.3 is 9.97 Å². The van der Waals surface area contributed by atoms with Crippen molar-refractivity contribution < 1.29 is 4.79 Å². The summed E-state index contributed by atoms with van der Waals surface area (Å²) in [5.74, 6) is 1.59. The SMILES string of the molecule is Cc1ccc2nc(C(C)CC(=O)C3CCN(Cc4c[nH]c5ccc(C)cc45)CC3)[nH]c2c1. The first kappa shape index (κ1) is 21.0. The van der Waals surface area contributed by atoms with E-state index < -0.39 is 0 Å².